The van der Waals surface area contributed by atoms with E-state index in [1.54, 1.807) is 18.3 Å². The number of carboxylic acid groups (broad SMARTS) is 1. The van der Waals surface area contributed by atoms with Gasteiger partial charge >= 0.3 is 17.1 Å². The van der Waals surface area contributed by atoms with Gasteiger partial charge in [0.15, 0.2) is 0 Å². The number of hydrogen-bond acceptors (Lipinski definition) is 6. The van der Waals surface area contributed by atoms with E-state index in [9.17, 15) is 5.11 Å². The predicted molar refractivity (Wildman–Crippen MR) is 112 cm³/mol. The monoisotopic (exact) mass is 463 g/mol. The number of ether oxygens (including phenoxy) is 1. The van der Waals surface area contributed by atoms with Crippen molar-refractivity contribution in [1.29, 1.82) is 0 Å². The minimum absolute atomic E-state index is 0. The molecule has 0 aromatic heterocycles. The smallest absolute Gasteiger partial charge is 0.872 e. The number of aliphatic carboxylic acids is 1. The van der Waals surface area contributed by atoms with Crippen LogP contribution >= 0.6 is 0 Å². The van der Waals surface area contributed by atoms with Crippen LogP contribution in [0.15, 0.2) is 88.8 Å². The number of rotatable bonds is 4. The Balaban J connectivity index is 0.000000631. The Bertz CT molecular complexity index is 1060. The summed E-state index contributed by atoms with van der Waals surface area (Å²) in [7, 11) is 0. The number of aliphatic imine (C=N–C) groups is 2. The van der Waals surface area contributed by atoms with E-state index < -0.39 is 5.97 Å². The van der Waals surface area contributed by atoms with Gasteiger partial charge in [-0.1, -0.05) is 66.7 Å². The topological polar surface area (TPSA) is 97.1 Å². The van der Waals surface area contributed by atoms with Crippen LogP contribution in [0.25, 0.3) is 0 Å². The Morgan fingerprint density at radius 2 is 1.65 bits per heavy atom. The molecule has 1 aliphatic rings. The van der Waals surface area contributed by atoms with Crippen LogP contribution in [0.4, 0.5) is 5.69 Å². The number of carbonyl (C=O) groups excluding carboxylic acids is 1. The summed E-state index contributed by atoms with van der Waals surface area (Å²) in [6.45, 7) is 1.49. The maximum atomic E-state index is 11.8. The van der Waals surface area contributed by atoms with Crippen molar-refractivity contribution < 1.29 is 36.8 Å². The van der Waals surface area contributed by atoms with Gasteiger partial charge in [0, 0.05) is 12.2 Å². The average molecular weight is 464 g/mol. The second kappa shape index (κ2) is 11.7. The Labute approximate surface area is 191 Å². The first kappa shape index (κ1) is 23.9. The molecule has 0 amide bonds. The van der Waals surface area contributed by atoms with Gasteiger partial charge in [0.05, 0.1) is 11.3 Å². The SMILES string of the molecule is CC(=O)[O-].[Cu+2].[O-]c1ccccc1C=Nc1ccccc1C1=N[C@@H](c2ccccc2)CO1. The van der Waals surface area contributed by atoms with Crippen LogP contribution in [0, 0.1) is 0 Å². The molecule has 1 heterocycles. The zero-order valence-corrected chi connectivity index (χ0v) is 17.6. The van der Waals surface area contributed by atoms with Crippen LogP contribution in [0.1, 0.15) is 29.7 Å². The van der Waals surface area contributed by atoms with Gasteiger partial charge in [-0.05, 0) is 30.2 Å². The van der Waals surface area contributed by atoms with Gasteiger partial charge in [-0.15, -0.1) is 5.75 Å². The fraction of sp³-hybridized carbons (Fsp3) is 0.125. The third-order valence-electron chi connectivity index (χ3n) is 4.23. The number of benzene rings is 3. The van der Waals surface area contributed by atoms with Gasteiger partial charge in [0.2, 0.25) is 5.90 Å². The van der Waals surface area contributed by atoms with Crippen molar-refractivity contribution in [1.82, 2.24) is 0 Å². The molecule has 1 aliphatic heterocycles. The molecular weight excluding hydrogens is 444 g/mol. The van der Waals surface area contributed by atoms with E-state index in [1.165, 1.54) is 6.07 Å². The van der Waals surface area contributed by atoms with Crippen molar-refractivity contribution >= 4 is 23.8 Å². The summed E-state index contributed by atoms with van der Waals surface area (Å²) >= 11 is 0. The first-order valence-electron chi connectivity index (χ1n) is 9.37. The van der Waals surface area contributed by atoms with E-state index in [2.05, 4.69) is 17.1 Å². The van der Waals surface area contributed by atoms with Crippen LogP contribution in [0.5, 0.6) is 5.75 Å². The molecule has 161 valence electrons. The van der Waals surface area contributed by atoms with Crippen LogP contribution in [-0.2, 0) is 26.6 Å². The third kappa shape index (κ3) is 6.81. The van der Waals surface area contributed by atoms with Crippen molar-refractivity contribution in [3.63, 3.8) is 0 Å². The molecule has 0 aliphatic carbocycles. The summed E-state index contributed by atoms with van der Waals surface area (Å²) in [5, 5.41) is 20.7. The summed E-state index contributed by atoms with van der Waals surface area (Å²) in [5.74, 6) is -0.547. The standard InChI is InChI=1S/C22H18N2O2.C2H4O2.Cu/c25-21-13-7-4-10-17(21)14-23-19-12-6-5-11-18(19)22-24-20(15-26-22)16-8-2-1-3-9-16;1-2(3)4;/h1-14,20,25H,15H2;1H3,(H,3,4);/q;;+2/p-2/t20-;;/m1../s1. The van der Waals surface area contributed by atoms with E-state index >= 15 is 0 Å². The van der Waals surface area contributed by atoms with Crippen LogP contribution in [0.2, 0.25) is 0 Å². The molecule has 7 heteroatoms. The van der Waals surface area contributed by atoms with Gasteiger partial charge in [-0.25, -0.2) is 4.99 Å². The van der Waals surface area contributed by atoms with Gasteiger partial charge in [-0.2, -0.15) is 0 Å². The predicted octanol–water partition coefficient (Wildman–Crippen LogP) is 2.78. The van der Waals surface area contributed by atoms with Gasteiger partial charge in [0.1, 0.15) is 12.6 Å². The molecule has 0 unspecified atom stereocenters. The molecule has 0 N–H and O–H groups in total. The largest absolute Gasteiger partial charge is 2.00 e. The average Bonchev–Trinajstić information content (AvgIpc) is 3.24. The molecule has 31 heavy (non-hydrogen) atoms. The van der Waals surface area contributed by atoms with Crippen molar-refractivity contribution in [2.45, 2.75) is 13.0 Å². The molecule has 0 bridgehead atoms. The van der Waals surface area contributed by atoms with E-state index in [4.69, 9.17) is 19.6 Å². The van der Waals surface area contributed by atoms with Crippen LogP contribution in [-0.4, -0.2) is 24.7 Å². The number of carbonyl (C=O) groups is 1. The normalized spacial score (nSPS) is 14.6. The van der Waals surface area contributed by atoms with E-state index in [0.29, 0.717) is 18.1 Å². The molecule has 0 saturated carbocycles. The molecule has 3 aromatic rings. The van der Waals surface area contributed by atoms with Crippen LogP contribution in [0.3, 0.4) is 0 Å². The Morgan fingerprint density at radius 1 is 1.03 bits per heavy atom. The minimum atomic E-state index is -1.08. The minimum Gasteiger partial charge on any atom is -0.872 e. The summed E-state index contributed by atoms with van der Waals surface area (Å²) in [4.78, 5) is 18.1. The van der Waals surface area contributed by atoms with Crippen molar-refractivity contribution in [2.75, 3.05) is 6.61 Å². The van der Waals surface area contributed by atoms with Crippen LogP contribution < -0.4 is 10.2 Å². The molecule has 0 spiro atoms. The first-order chi connectivity index (χ1) is 14.5. The molecule has 1 atom stereocenters. The molecule has 0 fully saturated rings. The number of carboxylic acids is 1. The number of para-hydroxylation sites is 2. The van der Waals surface area contributed by atoms with Crippen molar-refractivity contribution in [3.8, 4) is 5.75 Å². The van der Waals surface area contributed by atoms with Crippen molar-refractivity contribution in [3.05, 3.63) is 95.6 Å². The van der Waals surface area contributed by atoms with Gasteiger partial charge in [-0.3, -0.25) is 4.99 Å². The third-order valence-corrected chi connectivity index (χ3v) is 4.23. The summed E-state index contributed by atoms with van der Waals surface area (Å²) in [5.41, 5.74) is 3.23. The van der Waals surface area contributed by atoms with E-state index in [0.717, 1.165) is 23.7 Å². The number of nitrogens with zero attached hydrogens (tertiary/aromatic N) is 2. The molecule has 3 aromatic carbocycles. The van der Waals surface area contributed by atoms with Gasteiger partial charge < -0.3 is 19.7 Å². The maximum absolute atomic E-state index is 11.8. The van der Waals surface area contributed by atoms with E-state index in [1.807, 2.05) is 48.5 Å². The van der Waals surface area contributed by atoms with E-state index in [-0.39, 0.29) is 28.9 Å². The molecule has 1 radical (unpaired) electrons. The molecule has 6 nitrogen and oxygen atoms in total. The summed E-state index contributed by atoms with van der Waals surface area (Å²) < 4.78 is 5.84. The van der Waals surface area contributed by atoms with Crippen molar-refractivity contribution in [2.24, 2.45) is 9.98 Å². The zero-order chi connectivity index (χ0) is 21.3. The quantitative estimate of drug-likeness (QED) is 0.439. The number of hydrogen-bond donors (Lipinski definition) is 0. The Hall–Kier alpha value is -3.41. The molecule has 4 rings (SSSR count). The Morgan fingerprint density at radius 3 is 2.35 bits per heavy atom. The molecular formula is C24H20CuN2O4. The second-order valence-electron chi connectivity index (χ2n) is 6.48. The second-order valence-corrected chi connectivity index (χ2v) is 6.48. The maximum Gasteiger partial charge on any atom is 2.00 e. The fourth-order valence-corrected chi connectivity index (χ4v) is 2.86. The Kier molecular flexibility index (Phi) is 9.00. The summed E-state index contributed by atoms with van der Waals surface area (Å²) in [6.07, 6.45) is 1.59. The fourth-order valence-electron chi connectivity index (χ4n) is 2.86. The molecule has 0 saturated heterocycles. The van der Waals surface area contributed by atoms with Gasteiger partial charge in [0.25, 0.3) is 0 Å². The first-order valence-corrected chi connectivity index (χ1v) is 9.37. The zero-order valence-electron chi connectivity index (χ0n) is 16.7. The summed E-state index contributed by atoms with van der Waals surface area (Å²) in [6, 6.07) is 24.6.